The van der Waals surface area contributed by atoms with Crippen molar-refractivity contribution in [3.8, 4) is 0 Å². The average molecular weight is 295 g/mol. The molecule has 0 saturated carbocycles. The van der Waals surface area contributed by atoms with Gasteiger partial charge in [-0.3, -0.25) is 4.79 Å². The summed E-state index contributed by atoms with van der Waals surface area (Å²) < 4.78 is 15.3. The van der Waals surface area contributed by atoms with Gasteiger partial charge in [0, 0.05) is 30.1 Å². The van der Waals surface area contributed by atoms with E-state index in [1.807, 2.05) is 0 Å². The van der Waals surface area contributed by atoms with Gasteiger partial charge in [-0.1, -0.05) is 22.9 Å². The van der Waals surface area contributed by atoms with E-state index < -0.39 is 5.82 Å². The van der Waals surface area contributed by atoms with Crippen molar-refractivity contribution in [3.05, 3.63) is 46.5 Å². The van der Waals surface area contributed by atoms with Crippen LogP contribution in [0.5, 0.6) is 0 Å². The van der Waals surface area contributed by atoms with Crippen molar-refractivity contribution in [1.82, 2.24) is 20.3 Å². The van der Waals surface area contributed by atoms with Gasteiger partial charge in [0.25, 0.3) is 0 Å². The number of benzene rings is 1. The van der Waals surface area contributed by atoms with Crippen LogP contribution in [0, 0.1) is 5.82 Å². The molecule has 1 fully saturated rings. The first-order chi connectivity index (χ1) is 9.65. The maximum atomic E-state index is 13.6. The van der Waals surface area contributed by atoms with Crippen molar-refractivity contribution in [2.75, 3.05) is 13.1 Å². The number of ketones is 1. The normalized spacial score (nSPS) is 15.1. The quantitative estimate of drug-likeness (QED) is 0.871. The molecule has 1 aliphatic heterocycles. The van der Waals surface area contributed by atoms with E-state index in [1.165, 1.54) is 12.1 Å². The van der Waals surface area contributed by atoms with Gasteiger partial charge >= 0.3 is 0 Å². The van der Waals surface area contributed by atoms with E-state index in [0.717, 1.165) is 13.1 Å². The SMILES string of the molecule is O=C(Cc1c(F)cccc1Cl)c1cn(C2CNC2)nn1. The van der Waals surface area contributed by atoms with Crippen molar-refractivity contribution < 1.29 is 9.18 Å². The van der Waals surface area contributed by atoms with Crippen LogP contribution < -0.4 is 5.32 Å². The number of nitrogens with zero attached hydrogens (tertiary/aromatic N) is 3. The molecule has 104 valence electrons. The minimum atomic E-state index is -0.485. The van der Waals surface area contributed by atoms with E-state index >= 15 is 0 Å². The predicted octanol–water partition coefficient (Wildman–Crippen LogP) is 1.64. The predicted molar refractivity (Wildman–Crippen MR) is 71.4 cm³/mol. The molecule has 1 aromatic heterocycles. The first-order valence-electron chi connectivity index (χ1n) is 6.24. The monoisotopic (exact) mass is 294 g/mol. The van der Waals surface area contributed by atoms with Crippen LogP contribution in [0.25, 0.3) is 0 Å². The summed E-state index contributed by atoms with van der Waals surface area (Å²) in [5, 5.41) is 11.1. The third kappa shape index (κ3) is 2.44. The van der Waals surface area contributed by atoms with Crippen molar-refractivity contribution in [1.29, 1.82) is 0 Å². The highest BCUT2D eigenvalue weighted by atomic mass is 35.5. The summed E-state index contributed by atoms with van der Waals surface area (Å²) in [5.41, 5.74) is 0.426. The molecule has 0 aliphatic carbocycles. The van der Waals surface area contributed by atoms with Gasteiger partial charge in [0.1, 0.15) is 11.5 Å². The smallest absolute Gasteiger partial charge is 0.189 e. The lowest BCUT2D eigenvalue weighted by atomic mass is 10.1. The van der Waals surface area contributed by atoms with E-state index in [9.17, 15) is 9.18 Å². The van der Waals surface area contributed by atoms with Gasteiger partial charge < -0.3 is 5.32 Å². The largest absolute Gasteiger partial charge is 0.312 e. The highest BCUT2D eigenvalue weighted by Gasteiger charge is 2.22. The van der Waals surface area contributed by atoms with E-state index in [-0.39, 0.29) is 34.5 Å². The summed E-state index contributed by atoms with van der Waals surface area (Å²) >= 11 is 5.91. The standard InChI is InChI=1S/C13H12ClFN4O/c14-10-2-1-3-11(15)9(10)4-13(20)12-7-19(18-17-12)8-5-16-6-8/h1-3,7-8,16H,4-6H2. The molecule has 0 radical (unpaired) electrons. The van der Waals surface area contributed by atoms with Gasteiger partial charge in [-0.05, 0) is 12.1 Å². The Balaban J connectivity index is 1.77. The first-order valence-corrected chi connectivity index (χ1v) is 6.61. The number of carbonyl (C=O) groups is 1. The number of nitrogens with one attached hydrogen (secondary N) is 1. The topological polar surface area (TPSA) is 59.8 Å². The maximum absolute atomic E-state index is 13.6. The van der Waals surface area contributed by atoms with Crippen LogP contribution in [-0.4, -0.2) is 33.9 Å². The Kier molecular flexibility index (Phi) is 3.50. The highest BCUT2D eigenvalue weighted by molar-refractivity contribution is 6.31. The maximum Gasteiger partial charge on any atom is 0.189 e. The van der Waals surface area contributed by atoms with E-state index in [2.05, 4.69) is 15.6 Å². The van der Waals surface area contributed by atoms with Crippen LogP contribution in [0.2, 0.25) is 5.02 Å². The number of aromatic nitrogens is 3. The summed E-state index contributed by atoms with van der Waals surface area (Å²) in [5.74, 6) is -0.781. The Labute approximate surface area is 119 Å². The number of rotatable bonds is 4. The lowest BCUT2D eigenvalue weighted by Crippen LogP contribution is -2.43. The number of Topliss-reactive ketones (excluding diaryl/α,β-unsaturated/α-hetero) is 1. The van der Waals surface area contributed by atoms with E-state index in [4.69, 9.17) is 11.6 Å². The Morgan fingerprint density at radius 1 is 1.50 bits per heavy atom. The van der Waals surface area contributed by atoms with Crippen LogP contribution in [0.4, 0.5) is 4.39 Å². The summed E-state index contributed by atoms with van der Waals surface area (Å²) in [4.78, 5) is 12.1. The van der Waals surface area contributed by atoms with Crippen LogP contribution in [0.1, 0.15) is 22.1 Å². The Bertz CT molecular complexity index is 633. The van der Waals surface area contributed by atoms with E-state index in [1.54, 1.807) is 16.9 Å². The van der Waals surface area contributed by atoms with Gasteiger partial charge in [-0.15, -0.1) is 5.10 Å². The molecular formula is C13H12ClFN4O. The number of carbonyl (C=O) groups excluding carboxylic acids is 1. The fourth-order valence-corrected chi connectivity index (χ4v) is 2.23. The third-order valence-corrected chi connectivity index (χ3v) is 3.68. The van der Waals surface area contributed by atoms with Gasteiger partial charge in [0.2, 0.25) is 0 Å². The molecule has 1 saturated heterocycles. The summed E-state index contributed by atoms with van der Waals surface area (Å²) in [6.45, 7) is 1.63. The molecule has 1 aliphatic rings. The van der Waals surface area contributed by atoms with Crippen molar-refractivity contribution in [3.63, 3.8) is 0 Å². The van der Waals surface area contributed by atoms with Gasteiger partial charge in [0.05, 0.1) is 12.2 Å². The van der Waals surface area contributed by atoms with Crippen molar-refractivity contribution in [2.45, 2.75) is 12.5 Å². The van der Waals surface area contributed by atoms with E-state index in [0.29, 0.717) is 0 Å². The van der Waals surface area contributed by atoms with Crippen molar-refractivity contribution in [2.24, 2.45) is 0 Å². The molecule has 0 amide bonds. The van der Waals surface area contributed by atoms with Gasteiger partial charge in [-0.2, -0.15) is 0 Å². The zero-order valence-electron chi connectivity index (χ0n) is 10.5. The molecule has 2 heterocycles. The molecule has 0 unspecified atom stereocenters. The fraction of sp³-hybridized carbons (Fsp3) is 0.308. The molecule has 5 nitrogen and oxygen atoms in total. The van der Waals surface area contributed by atoms with Gasteiger partial charge in [0.15, 0.2) is 5.78 Å². The first kappa shape index (κ1) is 13.2. The molecule has 0 bridgehead atoms. The minimum Gasteiger partial charge on any atom is -0.312 e. The van der Waals surface area contributed by atoms with Crippen LogP contribution >= 0.6 is 11.6 Å². The highest BCUT2D eigenvalue weighted by Crippen LogP contribution is 2.21. The number of halogens is 2. The second-order valence-electron chi connectivity index (χ2n) is 4.70. The Morgan fingerprint density at radius 2 is 2.30 bits per heavy atom. The molecule has 1 aromatic carbocycles. The summed E-state index contributed by atoms with van der Waals surface area (Å²) in [6.07, 6.45) is 1.48. The molecule has 1 N–H and O–H groups in total. The van der Waals surface area contributed by atoms with Crippen molar-refractivity contribution >= 4 is 17.4 Å². The third-order valence-electron chi connectivity index (χ3n) is 3.33. The lowest BCUT2D eigenvalue weighted by molar-refractivity contribution is 0.0987. The second-order valence-corrected chi connectivity index (χ2v) is 5.10. The van der Waals surface area contributed by atoms with Crippen LogP contribution in [-0.2, 0) is 6.42 Å². The molecule has 20 heavy (non-hydrogen) atoms. The molecule has 0 spiro atoms. The Hall–Kier alpha value is -1.79. The minimum absolute atomic E-state index is 0.118. The fourth-order valence-electron chi connectivity index (χ4n) is 2.00. The lowest BCUT2D eigenvalue weighted by Gasteiger charge is -2.26. The summed E-state index contributed by atoms with van der Waals surface area (Å²) in [7, 11) is 0. The molecule has 7 heteroatoms. The van der Waals surface area contributed by atoms with Gasteiger partial charge in [-0.25, -0.2) is 9.07 Å². The van der Waals surface area contributed by atoms with Crippen LogP contribution in [0.15, 0.2) is 24.4 Å². The second kappa shape index (κ2) is 5.30. The molecular weight excluding hydrogens is 283 g/mol. The Morgan fingerprint density at radius 3 is 2.95 bits per heavy atom. The molecule has 2 aromatic rings. The summed E-state index contributed by atoms with van der Waals surface area (Å²) in [6, 6.07) is 4.59. The molecule has 0 atom stereocenters. The van der Waals surface area contributed by atoms with Crippen LogP contribution in [0.3, 0.4) is 0 Å². The average Bonchev–Trinajstić information content (AvgIpc) is 2.81. The molecule has 3 rings (SSSR count). The zero-order valence-corrected chi connectivity index (χ0v) is 11.3. The number of hydrogen-bond donors (Lipinski definition) is 1. The number of hydrogen-bond acceptors (Lipinski definition) is 4. The zero-order chi connectivity index (χ0) is 14.1.